The predicted molar refractivity (Wildman–Crippen MR) is 72.9 cm³/mol. The molecule has 0 unspecified atom stereocenters. The van der Waals surface area contributed by atoms with Crippen molar-refractivity contribution >= 4 is 17.8 Å². The van der Waals surface area contributed by atoms with Gasteiger partial charge in [-0.2, -0.15) is 26.3 Å². The maximum atomic E-state index is 12.5. The van der Waals surface area contributed by atoms with Crippen molar-refractivity contribution < 1.29 is 54.9 Å². The Hall–Kier alpha value is -2.09. The zero-order valence-electron chi connectivity index (χ0n) is 13.9. The third-order valence-corrected chi connectivity index (χ3v) is 3.40. The van der Waals surface area contributed by atoms with E-state index in [9.17, 15) is 40.7 Å². The van der Waals surface area contributed by atoms with Gasteiger partial charge in [0.1, 0.15) is 12.2 Å². The monoisotopic (exact) mass is 410 g/mol. The van der Waals surface area contributed by atoms with Crippen LogP contribution in [0, 0.1) is 0 Å². The van der Waals surface area contributed by atoms with Crippen LogP contribution in [0.4, 0.5) is 26.3 Å². The van der Waals surface area contributed by atoms with Crippen molar-refractivity contribution in [2.45, 2.75) is 50.2 Å². The predicted octanol–water partition coefficient (Wildman–Crippen LogP) is 0.405. The van der Waals surface area contributed by atoms with Crippen LogP contribution in [0.1, 0.15) is 13.3 Å². The summed E-state index contributed by atoms with van der Waals surface area (Å²) in [6, 6.07) is -1.49. The maximum Gasteiger partial charge on any atom is 0.471 e. The molecule has 0 aromatic heterocycles. The van der Waals surface area contributed by atoms with Gasteiger partial charge in [0.05, 0.1) is 6.04 Å². The number of nitrogens with one attached hydrogen (secondary N) is 2. The number of carbonyl (C=O) groups excluding carboxylic acids is 3. The van der Waals surface area contributed by atoms with Crippen LogP contribution in [0.2, 0.25) is 0 Å². The standard InChI is InChI=1S/C13H16F6N2O6/c1-5(22)26-9-6(21-11(24)13(17,18)19)3-8(25-2)27-7(9)4-20-10(23)12(14,15)16/h6-9H,3-4H2,1-2H3,(H,20,23)(H,21,24)/t6-,7-,8-,9+/m1/s1. The topological polar surface area (TPSA) is 103 Å². The molecule has 2 amide bonds. The number of methoxy groups -OCH3 is 1. The highest BCUT2D eigenvalue weighted by Crippen LogP contribution is 2.25. The van der Waals surface area contributed by atoms with E-state index in [-0.39, 0.29) is 6.42 Å². The number of hydrogen-bond acceptors (Lipinski definition) is 6. The first-order chi connectivity index (χ1) is 12.3. The third-order valence-electron chi connectivity index (χ3n) is 3.40. The first-order valence-corrected chi connectivity index (χ1v) is 7.34. The number of carbonyl (C=O) groups is 3. The van der Waals surface area contributed by atoms with E-state index in [1.165, 1.54) is 5.32 Å². The van der Waals surface area contributed by atoms with Crippen molar-refractivity contribution in [3.63, 3.8) is 0 Å². The van der Waals surface area contributed by atoms with Gasteiger partial charge in [-0.15, -0.1) is 0 Å². The lowest BCUT2D eigenvalue weighted by atomic mass is 9.97. The molecule has 0 aromatic rings. The molecule has 0 spiro atoms. The summed E-state index contributed by atoms with van der Waals surface area (Å²) in [5.41, 5.74) is 0. The molecular formula is C13H16F6N2O6. The van der Waals surface area contributed by atoms with Gasteiger partial charge in [0.2, 0.25) is 0 Å². The second kappa shape index (κ2) is 8.73. The van der Waals surface area contributed by atoms with Crippen molar-refractivity contribution in [2.75, 3.05) is 13.7 Å². The lowest BCUT2D eigenvalue weighted by Gasteiger charge is -2.40. The number of ether oxygens (including phenoxy) is 3. The van der Waals surface area contributed by atoms with Crippen molar-refractivity contribution in [1.29, 1.82) is 0 Å². The number of amides is 2. The number of alkyl halides is 6. The Morgan fingerprint density at radius 3 is 2.07 bits per heavy atom. The van der Waals surface area contributed by atoms with Crippen LogP contribution < -0.4 is 10.6 Å². The van der Waals surface area contributed by atoms with Crippen LogP contribution in [0.3, 0.4) is 0 Å². The molecule has 1 rings (SSSR count). The summed E-state index contributed by atoms with van der Waals surface area (Å²) in [6.07, 6.45) is -15.2. The molecule has 0 aromatic carbocycles. The molecule has 1 heterocycles. The van der Waals surface area contributed by atoms with Crippen LogP contribution in [0.25, 0.3) is 0 Å². The molecule has 1 aliphatic heterocycles. The minimum absolute atomic E-state index is 0.389. The molecule has 1 saturated heterocycles. The Balaban J connectivity index is 3.00. The third kappa shape index (κ3) is 6.86. The van der Waals surface area contributed by atoms with E-state index in [0.29, 0.717) is 0 Å². The van der Waals surface area contributed by atoms with E-state index in [2.05, 4.69) is 0 Å². The van der Waals surface area contributed by atoms with Gasteiger partial charge in [-0.05, 0) is 0 Å². The molecule has 27 heavy (non-hydrogen) atoms. The summed E-state index contributed by atoms with van der Waals surface area (Å²) < 4.78 is 89.2. The second-order valence-electron chi connectivity index (χ2n) is 5.44. The van der Waals surface area contributed by atoms with Crippen molar-refractivity contribution in [3.8, 4) is 0 Å². The molecular weight excluding hydrogens is 394 g/mol. The maximum absolute atomic E-state index is 12.5. The first-order valence-electron chi connectivity index (χ1n) is 7.34. The zero-order chi connectivity index (χ0) is 21.0. The number of hydrogen-bond donors (Lipinski definition) is 2. The minimum Gasteiger partial charge on any atom is -0.458 e. The van der Waals surface area contributed by atoms with Crippen LogP contribution in [-0.2, 0) is 28.6 Å². The summed E-state index contributed by atoms with van der Waals surface area (Å²) in [4.78, 5) is 33.3. The summed E-state index contributed by atoms with van der Waals surface area (Å²) in [5.74, 6) is -5.67. The number of halogens is 6. The largest absolute Gasteiger partial charge is 0.471 e. The fourth-order valence-corrected chi connectivity index (χ4v) is 2.28. The average molecular weight is 410 g/mol. The SMILES string of the molecule is CO[C@H]1C[C@@H](NC(=O)C(F)(F)F)[C@H](OC(C)=O)[C@@H](CNC(=O)C(F)(F)F)O1. The Labute approximate surface area is 148 Å². The second-order valence-corrected chi connectivity index (χ2v) is 5.44. The fourth-order valence-electron chi connectivity index (χ4n) is 2.28. The van der Waals surface area contributed by atoms with Gasteiger partial charge in [-0.25, -0.2) is 0 Å². The highest BCUT2D eigenvalue weighted by Gasteiger charge is 2.47. The molecule has 0 bridgehead atoms. The molecule has 1 aliphatic rings. The summed E-state index contributed by atoms with van der Waals surface area (Å²) >= 11 is 0. The van der Waals surface area contributed by atoms with Crippen LogP contribution in [0.15, 0.2) is 0 Å². The molecule has 14 heteroatoms. The van der Waals surface area contributed by atoms with E-state index < -0.39 is 61.2 Å². The molecule has 0 saturated carbocycles. The van der Waals surface area contributed by atoms with E-state index >= 15 is 0 Å². The molecule has 0 radical (unpaired) electrons. The minimum atomic E-state index is -5.25. The van der Waals surface area contributed by atoms with Crippen LogP contribution >= 0.6 is 0 Å². The van der Waals surface area contributed by atoms with E-state index in [1.54, 1.807) is 5.32 Å². The van der Waals surface area contributed by atoms with Gasteiger partial charge in [0, 0.05) is 27.0 Å². The van der Waals surface area contributed by atoms with Gasteiger partial charge in [0.25, 0.3) is 0 Å². The molecule has 1 fully saturated rings. The summed E-state index contributed by atoms with van der Waals surface area (Å²) in [7, 11) is 1.10. The van der Waals surface area contributed by atoms with Crippen molar-refractivity contribution in [3.05, 3.63) is 0 Å². The molecule has 4 atom stereocenters. The smallest absolute Gasteiger partial charge is 0.458 e. The summed E-state index contributed by atoms with van der Waals surface area (Å²) in [5, 5.41) is 3.06. The van der Waals surface area contributed by atoms with Gasteiger partial charge >= 0.3 is 30.1 Å². The normalized spacial score (nSPS) is 26.2. The van der Waals surface area contributed by atoms with Gasteiger partial charge in [-0.3, -0.25) is 14.4 Å². The first kappa shape index (κ1) is 23.0. The van der Waals surface area contributed by atoms with E-state index in [1.807, 2.05) is 0 Å². The highest BCUT2D eigenvalue weighted by atomic mass is 19.4. The molecule has 8 nitrogen and oxygen atoms in total. The molecule has 2 N–H and O–H groups in total. The van der Waals surface area contributed by atoms with Crippen LogP contribution in [-0.4, -0.2) is 68.3 Å². The van der Waals surface area contributed by atoms with Gasteiger partial charge in [0.15, 0.2) is 6.29 Å². The quantitative estimate of drug-likeness (QED) is 0.503. The number of esters is 1. The Morgan fingerprint density at radius 2 is 1.63 bits per heavy atom. The van der Waals surface area contributed by atoms with E-state index in [4.69, 9.17) is 14.2 Å². The number of rotatable bonds is 5. The molecule has 0 aliphatic carbocycles. The highest BCUT2D eigenvalue weighted by molar-refractivity contribution is 5.82. The van der Waals surface area contributed by atoms with E-state index in [0.717, 1.165) is 14.0 Å². The Bertz CT molecular complexity index is 566. The zero-order valence-corrected chi connectivity index (χ0v) is 13.9. The van der Waals surface area contributed by atoms with Crippen molar-refractivity contribution in [2.24, 2.45) is 0 Å². The van der Waals surface area contributed by atoms with Gasteiger partial charge in [-0.1, -0.05) is 0 Å². The van der Waals surface area contributed by atoms with Gasteiger partial charge < -0.3 is 24.8 Å². The fraction of sp³-hybridized carbons (Fsp3) is 0.769. The summed E-state index contributed by atoms with van der Waals surface area (Å²) in [6.45, 7) is 0.0327. The Kier molecular flexibility index (Phi) is 7.42. The van der Waals surface area contributed by atoms with Crippen molar-refractivity contribution in [1.82, 2.24) is 10.6 Å². The van der Waals surface area contributed by atoms with Crippen LogP contribution in [0.5, 0.6) is 0 Å². The lowest BCUT2D eigenvalue weighted by Crippen LogP contribution is -2.61. The molecule has 156 valence electrons. The Morgan fingerprint density at radius 1 is 1.07 bits per heavy atom. The average Bonchev–Trinajstić information content (AvgIpc) is 2.52. The lowest BCUT2D eigenvalue weighted by molar-refractivity contribution is -0.230.